The Morgan fingerprint density at radius 3 is 2.47 bits per heavy atom. The molecule has 15 heavy (non-hydrogen) atoms. The third-order valence-corrected chi connectivity index (χ3v) is 9.98. The van der Waals surface area contributed by atoms with Gasteiger partial charge in [-0.3, -0.25) is 0 Å². The van der Waals surface area contributed by atoms with Crippen LogP contribution in [0.15, 0.2) is 30.3 Å². The van der Waals surface area contributed by atoms with Gasteiger partial charge in [-0.1, -0.05) is 62.2 Å². The maximum absolute atomic E-state index is 12.8. The van der Waals surface area contributed by atoms with Crippen LogP contribution < -0.4 is 5.30 Å². The van der Waals surface area contributed by atoms with Crippen LogP contribution in [-0.2, 0) is 4.57 Å². The molecule has 0 aliphatic carbocycles. The van der Waals surface area contributed by atoms with Crippen molar-refractivity contribution in [1.82, 2.24) is 0 Å². The standard InChI is InChI=1S/C11H13Br2OP/c1-11(13)8-15(14,7-10(11)12)9-5-3-2-4-6-9/h2-6,10H,7-8H2,1H3/t10-,11+,15-/m0/s1. The SMILES string of the molecule is C[C@@]1(Br)C[P@](=O)(c2ccccc2)C[C@@H]1Br. The lowest BCUT2D eigenvalue weighted by molar-refractivity contribution is 0.584. The van der Waals surface area contributed by atoms with Gasteiger partial charge in [0.2, 0.25) is 0 Å². The van der Waals surface area contributed by atoms with E-state index in [1.165, 1.54) is 0 Å². The van der Waals surface area contributed by atoms with Crippen molar-refractivity contribution >= 4 is 44.3 Å². The molecule has 0 aromatic heterocycles. The summed E-state index contributed by atoms with van der Waals surface area (Å²) < 4.78 is 12.7. The van der Waals surface area contributed by atoms with E-state index in [4.69, 9.17) is 0 Å². The Morgan fingerprint density at radius 2 is 2.00 bits per heavy atom. The van der Waals surface area contributed by atoms with Crippen LogP contribution in [0.4, 0.5) is 0 Å². The highest BCUT2D eigenvalue weighted by molar-refractivity contribution is 9.12. The average Bonchev–Trinajstić information content (AvgIpc) is 2.38. The first-order valence-corrected chi connectivity index (χ1v) is 8.69. The first kappa shape index (κ1) is 11.9. The number of hydrogen-bond donors (Lipinski definition) is 0. The van der Waals surface area contributed by atoms with Gasteiger partial charge in [0.15, 0.2) is 0 Å². The molecule has 1 heterocycles. The van der Waals surface area contributed by atoms with Crippen LogP contribution in [-0.4, -0.2) is 21.5 Å². The van der Waals surface area contributed by atoms with Crippen LogP contribution in [0.2, 0.25) is 0 Å². The van der Waals surface area contributed by atoms with Gasteiger partial charge < -0.3 is 4.57 Å². The molecule has 4 heteroatoms. The van der Waals surface area contributed by atoms with E-state index in [9.17, 15) is 4.57 Å². The fourth-order valence-corrected chi connectivity index (χ4v) is 8.83. The molecule has 1 nitrogen and oxygen atoms in total. The lowest BCUT2D eigenvalue weighted by atomic mass is 10.2. The molecular weight excluding hydrogens is 339 g/mol. The van der Waals surface area contributed by atoms with E-state index in [2.05, 4.69) is 38.8 Å². The van der Waals surface area contributed by atoms with Gasteiger partial charge in [0.05, 0.1) is 0 Å². The zero-order valence-electron chi connectivity index (χ0n) is 8.49. The molecular formula is C11H13Br2OP. The Kier molecular flexibility index (Phi) is 3.18. The highest BCUT2D eigenvalue weighted by Crippen LogP contribution is 2.59. The van der Waals surface area contributed by atoms with Crippen molar-refractivity contribution in [2.75, 3.05) is 12.3 Å². The molecule has 3 atom stereocenters. The van der Waals surface area contributed by atoms with Crippen molar-refractivity contribution in [2.24, 2.45) is 0 Å². The number of halogens is 2. The van der Waals surface area contributed by atoms with Crippen LogP contribution in [0, 0.1) is 0 Å². The monoisotopic (exact) mass is 350 g/mol. The summed E-state index contributed by atoms with van der Waals surface area (Å²) in [6, 6.07) is 9.85. The van der Waals surface area contributed by atoms with E-state index in [1.807, 2.05) is 30.3 Å². The highest BCUT2D eigenvalue weighted by atomic mass is 79.9. The maximum Gasteiger partial charge on any atom is 0.118 e. The lowest BCUT2D eigenvalue weighted by Gasteiger charge is -2.18. The summed E-state index contributed by atoms with van der Waals surface area (Å²) in [5.41, 5.74) is 0. The van der Waals surface area contributed by atoms with E-state index < -0.39 is 7.14 Å². The van der Waals surface area contributed by atoms with Gasteiger partial charge in [-0.2, -0.15) is 0 Å². The molecule has 0 saturated carbocycles. The van der Waals surface area contributed by atoms with Gasteiger partial charge in [0.1, 0.15) is 7.14 Å². The second-order valence-electron chi connectivity index (χ2n) is 4.31. The molecule has 0 radical (unpaired) electrons. The molecule has 0 bridgehead atoms. The summed E-state index contributed by atoms with van der Waals surface area (Å²) in [4.78, 5) is 0.288. The summed E-state index contributed by atoms with van der Waals surface area (Å²) in [6.07, 6.45) is 1.48. The number of rotatable bonds is 1. The van der Waals surface area contributed by atoms with E-state index in [0.29, 0.717) is 0 Å². The van der Waals surface area contributed by atoms with Gasteiger partial charge >= 0.3 is 0 Å². The fourth-order valence-electron chi connectivity index (χ4n) is 2.01. The average molecular weight is 352 g/mol. The van der Waals surface area contributed by atoms with Crippen molar-refractivity contribution in [3.8, 4) is 0 Å². The predicted octanol–water partition coefficient (Wildman–Crippen LogP) is 3.61. The highest BCUT2D eigenvalue weighted by Gasteiger charge is 2.47. The Bertz CT molecular complexity index is 402. The summed E-state index contributed by atoms with van der Waals surface area (Å²) in [5.74, 6) is 0. The fraction of sp³-hybridized carbons (Fsp3) is 0.455. The van der Waals surface area contributed by atoms with Gasteiger partial charge in [-0.25, -0.2) is 0 Å². The second-order valence-corrected chi connectivity index (χ2v) is 10.2. The maximum atomic E-state index is 12.8. The van der Waals surface area contributed by atoms with Crippen molar-refractivity contribution in [3.63, 3.8) is 0 Å². The van der Waals surface area contributed by atoms with E-state index in [1.54, 1.807) is 0 Å². The smallest absolute Gasteiger partial charge is 0.118 e. The molecule has 1 fully saturated rings. The summed E-state index contributed by atoms with van der Waals surface area (Å²) in [6.45, 7) is 2.11. The molecule has 1 aromatic carbocycles. The first-order valence-electron chi connectivity index (χ1n) is 4.91. The Labute approximate surface area is 107 Å². The number of alkyl halides is 2. The molecule has 1 aliphatic heterocycles. The largest absolute Gasteiger partial charge is 0.319 e. The predicted molar refractivity (Wildman–Crippen MR) is 73.5 cm³/mol. The molecule has 82 valence electrons. The van der Waals surface area contributed by atoms with E-state index >= 15 is 0 Å². The Hall–Kier alpha value is 0.410. The zero-order valence-corrected chi connectivity index (χ0v) is 12.6. The molecule has 1 aliphatic rings. The summed E-state index contributed by atoms with van der Waals surface area (Å²) >= 11 is 7.28. The minimum absolute atomic E-state index is 0.0433. The Morgan fingerprint density at radius 1 is 1.40 bits per heavy atom. The van der Waals surface area contributed by atoms with E-state index in [-0.39, 0.29) is 9.15 Å². The third-order valence-electron chi connectivity index (χ3n) is 2.90. The topological polar surface area (TPSA) is 17.1 Å². The van der Waals surface area contributed by atoms with Crippen LogP contribution in [0.1, 0.15) is 6.92 Å². The second kappa shape index (κ2) is 4.01. The van der Waals surface area contributed by atoms with Crippen molar-refractivity contribution in [1.29, 1.82) is 0 Å². The quantitative estimate of drug-likeness (QED) is 0.558. The minimum atomic E-state index is -2.19. The molecule has 0 unspecified atom stereocenters. The van der Waals surface area contributed by atoms with Crippen molar-refractivity contribution in [3.05, 3.63) is 30.3 Å². The van der Waals surface area contributed by atoms with Crippen LogP contribution in [0.3, 0.4) is 0 Å². The van der Waals surface area contributed by atoms with Crippen LogP contribution in [0.25, 0.3) is 0 Å². The summed E-state index contributed by atoms with van der Waals surface area (Å²) in [5, 5.41) is 1.01. The van der Waals surface area contributed by atoms with E-state index in [0.717, 1.165) is 17.6 Å². The first-order chi connectivity index (χ1) is 6.94. The molecule has 1 saturated heterocycles. The van der Waals surface area contributed by atoms with Gasteiger partial charge in [0.25, 0.3) is 0 Å². The van der Waals surface area contributed by atoms with Gasteiger partial charge in [0, 0.05) is 26.8 Å². The Balaban J connectivity index is 2.36. The zero-order chi connectivity index (χ0) is 11.1. The number of hydrogen-bond acceptors (Lipinski definition) is 1. The van der Waals surface area contributed by atoms with Crippen LogP contribution >= 0.6 is 39.0 Å². The van der Waals surface area contributed by atoms with Crippen LogP contribution in [0.5, 0.6) is 0 Å². The third kappa shape index (κ3) is 2.25. The van der Waals surface area contributed by atoms with Gasteiger partial charge in [-0.05, 0) is 6.92 Å². The minimum Gasteiger partial charge on any atom is -0.319 e. The molecule has 0 spiro atoms. The lowest BCUT2D eigenvalue weighted by Crippen LogP contribution is -2.25. The molecule has 2 rings (SSSR count). The number of benzene rings is 1. The van der Waals surface area contributed by atoms with Crippen molar-refractivity contribution < 1.29 is 4.57 Å². The van der Waals surface area contributed by atoms with Gasteiger partial charge in [-0.15, -0.1) is 0 Å². The molecule has 0 N–H and O–H groups in total. The molecule has 1 aromatic rings. The summed E-state index contributed by atoms with van der Waals surface area (Å²) in [7, 11) is -2.19. The normalized spacial score (nSPS) is 40.6. The van der Waals surface area contributed by atoms with Crippen molar-refractivity contribution in [2.45, 2.75) is 16.1 Å². The molecule has 0 amide bonds.